The van der Waals surface area contributed by atoms with Crippen LogP contribution in [0.25, 0.3) is 5.65 Å². The average Bonchev–Trinajstić information content (AvgIpc) is 2.97. The lowest BCUT2D eigenvalue weighted by molar-refractivity contribution is 0.176. The molecule has 1 N–H and O–H groups in total. The summed E-state index contributed by atoms with van der Waals surface area (Å²) in [5.74, 6) is 0.714. The first kappa shape index (κ1) is 18.1. The maximum absolute atomic E-state index is 12.3. The SMILES string of the molecule is CCN(CC)C[C@@H]1CCCC[C@@H]1NCCn1nc2ccccn2c1=O. The van der Waals surface area contributed by atoms with Gasteiger partial charge >= 0.3 is 5.69 Å². The van der Waals surface area contributed by atoms with Crippen LogP contribution in [0, 0.1) is 5.92 Å². The summed E-state index contributed by atoms with van der Waals surface area (Å²) in [5.41, 5.74) is 0.658. The lowest BCUT2D eigenvalue weighted by Gasteiger charge is -2.35. The van der Waals surface area contributed by atoms with Crippen LogP contribution >= 0.6 is 0 Å². The van der Waals surface area contributed by atoms with Crippen molar-refractivity contribution in [3.8, 4) is 0 Å². The van der Waals surface area contributed by atoms with Crippen molar-refractivity contribution in [2.45, 2.75) is 52.1 Å². The van der Waals surface area contributed by atoms with Gasteiger partial charge in [-0.3, -0.25) is 4.40 Å². The van der Waals surface area contributed by atoms with Gasteiger partial charge in [0, 0.05) is 25.3 Å². The highest BCUT2D eigenvalue weighted by Crippen LogP contribution is 2.25. The van der Waals surface area contributed by atoms with E-state index in [4.69, 9.17) is 0 Å². The molecule has 0 bridgehead atoms. The zero-order valence-electron chi connectivity index (χ0n) is 15.5. The predicted molar refractivity (Wildman–Crippen MR) is 101 cm³/mol. The van der Waals surface area contributed by atoms with Crippen molar-refractivity contribution in [3.63, 3.8) is 0 Å². The Hall–Kier alpha value is -1.66. The molecule has 0 unspecified atom stereocenters. The molecule has 2 atom stereocenters. The molecule has 1 fully saturated rings. The van der Waals surface area contributed by atoms with Crippen LogP contribution in [0.1, 0.15) is 39.5 Å². The van der Waals surface area contributed by atoms with Crippen LogP contribution in [0.4, 0.5) is 0 Å². The second-order valence-corrected chi connectivity index (χ2v) is 7.03. The maximum atomic E-state index is 12.3. The molecule has 138 valence electrons. The standard InChI is InChI=1S/C19H31N5O/c1-3-22(4-2)15-16-9-5-6-10-17(16)20-12-14-24-19(25)23-13-8-7-11-18(23)21-24/h7-8,11,13,16-17,20H,3-6,9-10,12,14-15H2,1-2H3/t16-,17-/m0/s1. The minimum atomic E-state index is -0.0549. The Bertz CT molecular complexity index is 718. The second-order valence-electron chi connectivity index (χ2n) is 7.03. The van der Waals surface area contributed by atoms with Gasteiger partial charge in [0.25, 0.3) is 0 Å². The molecule has 6 heteroatoms. The summed E-state index contributed by atoms with van der Waals surface area (Å²) >= 11 is 0. The molecule has 1 aliphatic carbocycles. The van der Waals surface area contributed by atoms with Gasteiger partial charge in [-0.05, 0) is 44.0 Å². The van der Waals surface area contributed by atoms with Crippen molar-refractivity contribution in [2.75, 3.05) is 26.2 Å². The molecular formula is C19H31N5O. The Kier molecular flexibility index (Phi) is 6.26. The monoisotopic (exact) mass is 345 g/mol. The normalized spacial score (nSPS) is 21.2. The minimum Gasteiger partial charge on any atom is -0.312 e. The molecule has 0 aliphatic heterocycles. The van der Waals surface area contributed by atoms with Crippen LogP contribution in [0.3, 0.4) is 0 Å². The molecule has 2 heterocycles. The summed E-state index contributed by atoms with van der Waals surface area (Å²) in [6, 6.07) is 6.19. The molecule has 0 aromatic carbocycles. The third-order valence-electron chi connectivity index (χ3n) is 5.51. The smallest absolute Gasteiger partial charge is 0.312 e. The Balaban J connectivity index is 1.57. The summed E-state index contributed by atoms with van der Waals surface area (Å²) in [4.78, 5) is 14.9. The van der Waals surface area contributed by atoms with Crippen molar-refractivity contribution in [2.24, 2.45) is 5.92 Å². The van der Waals surface area contributed by atoms with Gasteiger partial charge in [-0.15, -0.1) is 5.10 Å². The van der Waals surface area contributed by atoms with Crippen molar-refractivity contribution < 1.29 is 0 Å². The molecule has 6 nitrogen and oxygen atoms in total. The number of hydrogen-bond acceptors (Lipinski definition) is 4. The molecule has 1 aliphatic rings. The third-order valence-corrected chi connectivity index (χ3v) is 5.51. The Morgan fingerprint density at radius 3 is 2.80 bits per heavy atom. The first-order valence-corrected chi connectivity index (χ1v) is 9.72. The molecule has 0 spiro atoms. The van der Waals surface area contributed by atoms with Gasteiger partial charge < -0.3 is 10.2 Å². The third kappa shape index (κ3) is 4.30. The number of hydrogen-bond donors (Lipinski definition) is 1. The summed E-state index contributed by atoms with van der Waals surface area (Å²) in [6.45, 7) is 9.32. The largest absolute Gasteiger partial charge is 0.350 e. The van der Waals surface area contributed by atoms with Crippen LogP contribution in [-0.2, 0) is 6.54 Å². The number of rotatable bonds is 8. The molecule has 1 saturated carbocycles. The quantitative estimate of drug-likeness (QED) is 0.795. The van der Waals surface area contributed by atoms with E-state index in [9.17, 15) is 4.79 Å². The maximum Gasteiger partial charge on any atom is 0.350 e. The van der Waals surface area contributed by atoms with Crippen LogP contribution in [-0.4, -0.2) is 51.3 Å². The zero-order valence-corrected chi connectivity index (χ0v) is 15.5. The minimum absolute atomic E-state index is 0.0549. The first-order chi connectivity index (χ1) is 12.2. The number of fused-ring (bicyclic) bond motifs is 1. The molecule has 0 radical (unpaired) electrons. The van der Waals surface area contributed by atoms with Gasteiger partial charge in [-0.2, -0.15) is 0 Å². The number of aromatic nitrogens is 3. The highest BCUT2D eigenvalue weighted by Gasteiger charge is 2.25. The zero-order chi connectivity index (χ0) is 17.6. The fraction of sp³-hybridized carbons (Fsp3) is 0.684. The van der Waals surface area contributed by atoms with Crippen molar-refractivity contribution in [1.29, 1.82) is 0 Å². The Morgan fingerprint density at radius 1 is 1.24 bits per heavy atom. The summed E-state index contributed by atoms with van der Waals surface area (Å²) in [7, 11) is 0. The van der Waals surface area contributed by atoms with Crippen molar-refractivity contribution in [3.05, 3.63) is 34.9 Å². The highest BCUT2D eigenvalue weighted by atomic mass is 16.2. The Labute approximate surface area is 149 Å². The topological polar surface area (TPSA) is 54.6 Å². The van der Waals surface area contributed by atoms with Crippen LogP contribution < -0.4 is 11.0 Å². The van der Waals surface area contributed by atoms with Crippen LogP contribution in [0.15, 0.2) is 29.2 Å². The Morgan fingerprint density at radius 2 is 2.04 bits per heavy atom. The van der Waals surface area contributed by atoms with E-state index in [0.717, 1.165) is 19.6 Å². The van der Waals surface area contributed by atoms with E-state index >= 15 is 0 Å². The van der Waals surface area contributed by atoms with E-state index in [-0.39, 0.29) is 5.69 Å². The highest BCUT2D eigenvalue weighted by molar-refractivity contribution is 5.35. The van der Waals surface area contributed by atoms with Gasteiger partial charge in [0.15, 0.2) is 5.65 Å². The van der Waals surface area contributed by atoms with Gasteiger partial charge in [-0.25, -0.2) is 9.48 Å². The fourth-order valence-electron chi connectivity index (χ4n) is 3.98. The number of nitrogens with zero attached hydrogens (tertiary/aromatic N) is 4. The van der Waals surface area contributed by atoms with E-state index in [1.807, 2.05) is 18.2 Å². The predicted octanol–water partition coefficient (Wildman–Crippen LogP) is 1.99. The van der Waals surface area contributed by atoms with Crippen molar-refractivity contribution in [1.82, 2.24) is 24.4 Å². The number of pyridine rings is 1. The number of nitrogens with one attached hydrogen (secondary N) is 1. The van der Waals surface area contributed by atoms with Crippen LogP contribution in [0.5, 0.6) is 0 Å². The van der Waals surface area contributed by atoms with E-state index < -0.39 is 0 Å². The molecule has 2 aromatic heterocycles. The first-order valence-electron chi connectivity index (χ1n) is 9.72. The van der Waals surface area contributed by atoms with Gasteiger partial charge in [-0.1, -0.05) is 32.8 Å². The second kappa shape index (κ2) is 8.63. The van der Waals surface area contributed by atoms with E-state index in [0.29, 0.717) is 24.2 Å². The van der Waals surface area contributed by atoms with E-state index in [2.05, 4.69) is 29.2 Å². The van der Waals surface area contributed by atoms with Crippen molar-refractivity contribution >= 4 is 5.65 Å². The van der Waals surface area contributed by atoms with Gasteiger partial charge in [0.1, 0.15) is 0 Å². The fourth-order valence-corrected chi connectivity index (χ4v) is 3.98. The lowest BCUT2D eigenvalue weighted by Crippen LogP contribution is -2.45. The summed E-state index contributed by atoms with van der Waals surface area (Å²) in [5, 5.41) is 8.12. The van der Waals surface area contributed by atoms with Gasteiger partial charge in [0.2, 0.25) is 0 Å². The average molecular weight is 345 g/mol. The van der Waals surface area contributed by atoms with E-state index in [1.165, 1.54) is 32.2 Å². The molecular weight excluding hydrogens is 314 g/mol. The molecule has 2 aromatic rings. The summed E-state index contributed by atoms with van der Waals surface area (Å²) < 4.78 is 3.17. The van der Waals surface area contributed by atoms with Crippen LogP contribution in [0.2, 0.25) is 0 Å². The summed E-state index contributed by atoms with van der Waals surface area (Å²) in [6.07, 6.45) is 6.97. The molecule has 0 amide bonds. The molecule has 0 saturated heterocycles. The van der Waals surface area contributed by atoms with E-state index in [1.54, 1.807) is 15.3 Å². The lowest BCUT2D eigenvalue weighted by atomic mass is 9.84. The molecule has 25 heavy (non-hydrogen) atoms. The molecule has 3 rings (SSSR count). The van der Waals surface area contributed by atoms with Gasteiger partial charge in [0.05, 0.1) is 6.54 Å².